The van der Waals surface area contributed by atoms with Crippen LogP contribution in [0.3, 0.4) is 0 Å². The molecule has 0 aliphatic heterocycles. The number of aromatic nitrogens is 2. The highest BCUT2D eigenvalue weighted by Gasteiger charge is 2.16. The molecule has 120 valence electrons. The Morgan fingerprint density at radius 1 is 1.09 bits per heavy atom. The summed E-state index contributed by atoms with van der Waals surface area (Å²) in [6.45, 7) is 0. The van der Waals surface area contributed by atoms with Crippen LogP contribution in [-0.2, 0) is 0 Å². The van der Waals surface area contributed by atoms with Crippen LogP contribution < -0.4 is 10.6 Å². The van der Waals surface area contributed by atoms with E-state index >= 15 is 0 Å². The zero-order valence-electron chi connectivity index (χ0n) is 12.4. The second kappa shape index (κ2) is 7.15. The molecule has 2 aromatic rings. The Bertz CT molecular complexity index is 717. The number of hydrogen-bond acceptors (Lipinski definition) is 4. The van der Waals surface area contributed by atoms with Crippen LogP contribution in [0.5, 0.6) is 0 Å². The monoisotopic (exact) mass is 350 g/mol. The van der Waals surface area contributed by atoms with Crippen LogP contribution in [0.4, 0.5) is 11.5 Å². The Kier molecular flexibility index (Phi) is 4.98. The number of benzene rings is 1. The summed E-state index contributed by atoms with van der Waals surface area (Å²) in [7, 11) is 0. The van der Waals surface area contributed by atoms with Gasteiger partial charge in [0, 0.05) is 17.8 Å². The maximum absolute atomic E-state index is 12.3. The van der Waals surface area contributed by atoms with Crippen molar-refractivity contribution in [3.8, 4) is 0 Å². The number of halogens is 2. The standard InChI is InChI=1S/C16H16Cl2N4O/c17-12-6-5-11(7-13(12)18)22-16(23)14-8-15(20-9-19-14)21-10-3-1-2-4-10/h5-10H,1-4H2,(H,22,23)(H,19,20,21). The molecule has 0 saturated heterocycles. The van der Waals surface area contributed by atoms with Crippen LogP contribution >= 0.6 is 23.2 Å². The quantitative estimate of drug-likeness (QED) is 0.857. The predicted molar refractivity (Wildman–Crippen MR) is 92.3 cm³/mol. The lowest BCUT2D eigenvalue weighted by atomic mass is 10.2. The van der Waals surface area contributed by atoms with Gasteiger partial charge in [-0.2, -0.15) is 0 Å². The number of amides is 1. The van der Waals surface area contributed by atoms with Crippen LogP contribution in [0, 0.1) is 0 Å². The first-order valence-corrected chi connectivity index (χ1v) is 8.22. The van der Waals surface area contributed by atoms with E-state index in [1.54, 1.807) is 24.3 Å². The molecule has 1 aromatic heterocycles. The molecule has 5 nitrogen and oxygen atoms in total. The summed E-state index contributed by atoms with van der Waals surface area (Å²) in [5.74, 6) is 0.353. The Morgan fingerprint density at radius 3 is 2.61 bits per heavy atom. The van der Waals surface area contributed by atoms with Crippen molar-refractivity contribution >= 4 is 40.6 Å². The molecule has 1 heterocycles. The Labute approximate surface area is 144 Å². The third-order valence-electron chi connectivity index (χ3n) is 3.78. The highest BCUT2D eigenvalue weighted by Crippen LogP contribution is 2.25. The second-order valence-electron chi connectivity index (χ2n) is 5.50. The van der Waals surface area contributed by atoms with Gasteiger partial charge in [0.2, 0.25) is 0 Å². The molecule has 3 rings (SSSR count). The zero-order chi connectivity index (χ0) is 16.2. The first-order valence-electron chi connectivity index (χ1n) is 7.47. The van der Waals surface area contributed by atoms with E-state index in [2.05, 4.69) is 20.6 Å². The van der Waals surface area contributed by atoms with Crippen molar-refractivity contribution in [3.63, 3.8) is 0 Å². The molecule has 1 aromatic carbocycles. The maximum Gasteiger partial charge on any atom is 0.274 e. The molecule has 0 radical (unpaired) electrons. The Morgan fingerprint density at radius 2 is 1.87 bits per heavy atom. The van der Waals surface area contributed by atoms with Crippen LogP contribution in [0.2, 0.25) is 10.0 Å². The average molecular weight is 351 g/mol. The van der Waals surface area contributed by atoms with Gasteiger partial charge in [-0.25, -0.2) is 9.97 Å². The largest absolute Gasteiger partial charge is 0.367 e. The summed E-state index contributed by atoms with van der Waals surface area (Å²) in [6.07, 6.45) is 6.12. The number of rotatable bonds is 4. The van der Waals surface area contributed by atoms with Crippen molar-refractivity contribution < 1.29 is 4.79 Å². The molecule has 0 bridgehead atoms. The number of nitrogens with one attached hydrogen (secondary N) is 2. The first-order chi connectivity index (χ1) is 11.1. The van der Waals surface area contributed by atoms with E-state index in [0.717, 1.165) is 12.8 Å². The molecule has 0 spiro atoms. The van der Waals surface area contributed by atoms with E-state index in [1.807, 2.05) is 0 Å². The highest BCUT2D eigenvalue weighted by molar-refractivity contribution is 6.42. The van der Waals surface area contributed by atoms with Gasteiger partial charge in [-0.15, -0.1) is 0 Å². The molecule has 1 fully saturated rings. The highest BCUT2D eigenvalue weighted by atomic mass is 35.5. The van der Waals surface area contributed by atoms with E-state index in [4.69, 9.17) is 23.2 Å². The van der Waals surface area contributed by atoms with Gasteiger partial charge in [0.15, 0.2) is 0 Å². The van der Waals surface area contributed by atoms with E-state index in [1.165, 1.54) is 19.2 Å². The van der Waals surface area contributed by atoms with Crippen LogP contribution in [0.1, 0.15) is 36.2 Å². The molecule has 0 atom stereocenters. The fourth-order valence-corrected chi connectivity index (χ4v) is 2.91. The Balaban J connectivity index is 1.70. The van der Waals surface area contributed by atoms with E-state index in [9.17, 15) is 4.79 Å². The molecule has 2 N–H and O–H groups in total. The van der Waals surface area contributed by atoms with Crippen LogP contribution in [-0.4, -0.2) is 21.9 Å². The van der Waals surface area contributed by atoms with Gasteiger partial charge in [-0.3, -0.25) is 4.79 Å². The number of anilines is 2. The van der Waals surface area contributed by atoms with Crippen LogP contribution in [0.15, 0.2) is 30.6 Å². The lowest BCUT2D eigenvalue weighted by molar-refractivity contribution is 0.102. The predicted octanol–water partition coefficient (Wildman–Crippen LogP) is 4.39. The van der Waals surface area contributed by atoms with Crippen molar-refractivity contribution in [2.75, 3.05) is 10.6 Å². The summed E-state index contributed by atoms with van der Waals surface area (Å²) in [5.41, 5.74) is 0.861. The SMILES string of the molecule is O=C(Nc1ccc(Cl)c(Cl)c1)c1cc(NC2CCCC2)ncn1. The van der Waals surface area contributed by atoms with Gasteiger partial charge in [-0.1, -0.05) is 36.0 Å². The number of carbonyl (C=O) groups is 1. The maximum atomic E-state index is 12.3. The van der Waals surface area contributed by atoms with Crippen molar-refractivity contribution in [2.45, 2.75) is 31.7 Å². The van der Waals surface area contributed by atoms with E-state index in [-0.39, 0.29) is 5.91 Å². The molecule has 0 unspecified atom stereocenters. The summed E-state index contributed by atoms with van der Waals surface area (Å²) < 4.78 is 0. The minimum Gasteiger partial charge on any atom is -0.367 e. The normalized spacial score (nSPS) is 14.7. The summed E-state index contributed by atoms with van der Waals surface area (Å²) >= 11 is 11.8. The minimum atomic E-state index is -0.319. The molecule has 23 heavy (non-hydrogen) atoms. The smallest absolute Gasteiger partial charge is 0.274 e. The van der Waals surface area contributed by atoms with Gasteiger partial charge >= 0.3 is 0 Å². The topological polar surface area (TPSA) is 66.9 Å². The summed E-state index contributed by atoms with van der Waals surface area (Å²) in [4.78, 5) is 20.5. The fourth-order valence-electron chi connectivity index (χ4n) is 2.61. The molecule has 1 saturated carbocycles. The first kappa shape index (κ1) is 16.0. The summed E-state index contributed by atoms with van der Waals surface area (Å²) in [6, 6.07) is 7.00. The molecule has 1 aliphatic carbocycles. The molecule has 1 aliphatic rings. The van der Waals surface area contributed by atoms with Crippen LogP contribution in [0.25, 0.3) is 0 Å². The molecular weight excluding hydrogens is 335 g/mol. The average Bonchev–Trinajstić information content (AvgIpc) is 3.04. The van der Waals surface area contributed by atoms with Gasteiger partial charge in [0.1, 0.15) is 17.8 Å². The fraction of sp³-hybridized carbons (Fsp3) is 0.312. The molecule has 7 heteroatoms. The van der Waals surface area contributed by atoms with Gasteiger partial charge in [0.05, 0.1) is 10.0 Å². The van der Waals surface area contributed by atoms with Gasteiger partial charge in [0.25, 0.3) is 5.91 Å². The number of hydrogen-bond donors (Lipinski definition) is 2. The van der Waals surface area contributed by atoms with Crippen molar-refractivity contribution in [1.82, 2.24) is 9.97 Å². The third kappa shape index (κ3) is 4.12. The van der Waals surface area contributed by atoms with Crippen molar-refractivity contribution in [3.05, 3.63) is 46.3 Å². The molecular formula is C16H16Cl2N4O. The van der Waals surface area contributed by atoms with Gasteiger partial charge in [-0.05, 0) is 31.0 Å². The lowest BCUT2D eigenvalue weighted by Gasteiger charge is -2.13. The van der Waals surface area contributed by atoms with Crippen molar-refractivity contribution in [1.29, 1.82) is 0 Å². The minimum absolute atomic E-state index is 0.298. The van der Waals surface area contributed by atoms with Crippen molar-refractivity contribution in [2.24, 2.45) is 0 Å². The lowest BCUT2D eigenvalue weighted by Crippen LogP contribution is -2.18. The second-order valence-corrected chi connectivity index (χ2v) is 6.31. The summed E-state index contributed by atoms with van der Waals surface area (Å²) in [5, 5.41) is 6.92. The Hall–Kier alpha value is -1.85. The van der Waals surface area contributed by atoms with E-state index < -0.39 is 0 Å². The third-order valence-corrected chi connectivity index (χ3v) is 4.52. The molecule has 1 amide bonds. The number of carbonyl (C=O) groups excluding carboxylic acids is 1. The van der Waals surface area contributed by atoms with Gasteiger partial charge < -0.3 is 10.6 Å². The number of nitrogens with zero attached hydrogens (tertiary/aromatic N) is 2. The zero-order valence-corrected chi connectivity index (χ0v) is 13.9. The van der Waals surface area contributed by atoms with E-state index in [0.29, 0.717) is 33.3 Å².